The summed E-state index contributed by atoms with van der Waals surface area (Å²) in [5.41, 5.74) is 1.23. The molecule has 0 saturated carbocycles. The van der Waals surface area contributed by atoms with E-state index in [1.165, 1.54) is 35.4 Å². The number of methoxy groups -OCH3 is 1. The van der Waals surface area contributed by atoms with E-state index in [1.54, 1.807) is 31.3 Å². The quantitative estimate of drug-likeness (QED) is 0.307. The Hall–Kier alpha value is -3.53. The molecule has 146 valence electrons. The normalized spacial score (nSPS) is 11.1. The lowest BCUT2D eigenvalue weighted by atomic mass is 10.1. The van der Waals surface area contributed by atoms with Crippen LogP contribution in [-0.2, 0) is 10.5 Å². The number of carbonyl (C=O) groups excluding carboxylic acids is 1. The van der Waals surface area contributed by atoms with Crippen LogP contribution < -0.4 is 11.1 Å². The molecule has 0 bridgehead atoms. The zero-order chi connectivity index (χ0) is 20.5. The second-order valence-corrected chi connectivity index (χ2v) is 7.14. The Morgan fingerprint density at radius 3 is 2.83 bits per heavy atom. The van der Waals surface area contributed by atoms with Gasteiger partial charge in [-0.2, -0.15) is 0 Å². The molecule has 0 amide bonds. The van der Waals surface area contributed by atoms with E-state index in [9.17, 15) is 14.4 Å². The SMILES string of the molecule is COC(=O)c1cc(C)nc2nc(SCc3cc(=O)n4ccccc4n3)[nH]c(=O)c12. The first kappa shape index (κ1) is 18.8. The van der Waals surface area contributed by atoms with E-state index >= 15 is 0 Å². The van der Waals surface area contributed by atoms with Gasteiger partial charge in [-0.05, 0) is 25.1 Å². The van der Waals surface area contributed by atoms with Crippen LogP contribution in [0.2, 0.25) is 0 Å². The highest BCUT2D eigenvalue weighted by Gasteiger charge is 2.17. The molecule has 0 aliphatic carbocycles. The van der Waals surface area contributed by atoms with Gasteiger partial charge in [-0.1, -0.05) is 17.8 Å². The first-order valence-electron chi connectivity index (χ1n) is 8.56. The minimum absolute atomic E-state index is 0.0777. The second kappa shape index (κ2) is 7.47. The van der Waals surface area contributed by atoms with Gasteiger partial charge >= 0.3 is 5.97 Å². The number of pyridine rings is 2. The molecule has 0 unspecified atom stereocenters. The summed E-state index contributed by atoms with van der Waals surface area (Å²) < 4.78 is 6.19. The average molecular weight is 409 g/mol. The number of H-pyrrole nitrogens is 1. The van der Waals surface area contributed by atoms with Gasteiger partial charge in [0.25, 0.3) is 11.1 Å². The van der Waals surface area contributed by atoms with E-state index in [4.69, 9.17) is 4.74 Å². The molecule has 10 heteroatoms. The Morgan fingerprint density at radius 2 is 2.03 bits per heavy atom. The molecule has 4 aromatic heterocycles. The maximum Gasteiger partial charge on any atom is 0.338 e. The van der Waals surface area contributed by atoms with Crippen molar-refractivity contribution in [3.63, 3.8) is 0 Å². The summed E-state index contributed by atoms with van der Waals surface area (Å²) in [6.45, 7) is 1.70. The van der Waals surface area contributed by atoms with Crippen molar-refractivity contribution in [2.24, 2.45) is 0 Å². The van der Waals surface area contributed by atoms with Crippen molar-refractivity contribution in [2.75, 3.05) is 7.11 Å². The lowest BCUT2D eigenvalue weighted by Gasteiger charge is -2.07. The number of carbonyl (C=O) groups is 1. The van der Waals surface area contributed by atoms with Crippen LogP contribution in [0.4, 0.5) is 0 Å². The predicted molar refractivity (Wildman–Crippen MR) is 107 cm³/mol. The maximum absolute atomic E-state index is 12.6. The number of aromatic amines is 1. The first-order valence-corrected chi connectivity index (χ1v) is 9.55. The minimum atomic E-state index is -0.631. The van der Waals surface area contributed by atoms with Crippen LogP contribution in [0.25, 0.3) is 16.7 Å². The van der Waals surface area contributed by atoms with Crippen LogP contribution in [0, 0.1) is 6.92 Å². The summed E-state index contributed by atoms with van der Waals surface area (Å²) in [5, 5.41) is 0.389. The van der Waals surface area contributed by atoms with E-state index in [0.717, 1.165) is 0 Å². The third-order valence-corrected chi connectivity index (χ3v) is 5.08. The largest absolute Gasteiger partial charge is 0.465 e. The summed E-state index contributed by atoms with van der Waals surface area (Å²) in [5.74, 6) is -0.306. The lowest BCUT2D eigenvalue weighted by molar-refractivity contribution is 0.0602. The number of aryl methyl sites for hydroxylation is 1. The molecule has 4 heterocycles. The number of nitrogens with zero attached hydrogens (tertiary/aromatic N) is 4. The van der Waals surface area contributed by atoms with Crippen molar-refractivity contribution < 1.29 is 9.53 Å². The number of esters is 1. The van der Waals surface area contributed by atoms with Gasteiger partial charge in [0.1, 0.15) is 5.65 Å². The number of fused-ring (bicyclic) bond motifs is 2. The maximum atomic E-state index is 12.6. The summed E-state index contributed by atoms with van der Waals surface area (Å²) in [4.78, 5) is 52.5. The van der Waals surface area contributed by atoms with Crippen LogP contribution in [0.5, 0.6) is 0 Å². The number of ether oxygens (including phenoxy) is 1. The fourth-order valence-electron chi connectivity index (χ4n) is 2.90. The molecule has 0 fully saturated rings. The van der Waals surface area contributed by atoms with Gasteiger partial charge < -0.3 is 9.72 Å². The molecule has 0 aliphatic rings. The monoisotopic (exact) mass is 409 g/mol. The van der Waals surface area contributed by atoms with E-state index in [0.29, 0.717) is 27.9 Å². The van der Waals surface area contributed by atoms with Gasteiger partial charge in [0, 0.05) is 23.7 Å². The molecule has 0 aromatic carbocycles. The van der Waals surface area contributed by atoms with E-state index in [-0.39, 0.29) is 22.2 Å². The van der Waals surface area contributed by atoms with Crippen LogP contribution in [0.3, 0.4) is 0 Å². The fourth-order valence-corrected chi connectivity index (χ4v) is 3.65. The second-order valence-electron chi connectivity index (χ2n) is 6.18. The molecular formula is C19H15N5O4S. The Kier molecular flexibility index (Phi) is 4.85. The topological polar surface area (TPSA) is 119 Å². The molecule has 0 aliphatic heterocycles. The molecule has 4 aromatic rings. The van der Waals surface area contributed by atoms with Gasteiger partial charge in [-0.25, -0.2) is 19.7 Å². The van der Waals surface area contributed by atoms with Crippen LogP contribution in [0.15, 0.2) is 51.3 Å². The van der Waals surface area contributed by atoms with Gasteiger partial charge in [0.15, 0.2) is 10.8 Å². The minimum Gasteiger partial charge on any atom is -0.465 e. The smallest absolute Gasteiger partial charge is 0.338 e. The summed E-state index contributed by atoms with van der Waals surface area (Å²) in [6, 6.07) is 8.23. The van der Waals surface area contributed by atoms with E-state index in [1.807, 2.05) is 0 Å². The molecule has 1 N–H and O–H groups in total. The lowest BCUT2D eigenvalue weighted by Crippen LogP contribution is -2.16. The van der Waals surface area contributed by atoms with Crippen molar-refractivity contribution in [1.82, 2.24) is 24.3 Å². The molecular weight excluding hydrogens is 394 g/mol. The Balaban J connectivity index is 1.70. The van der Waals surface area contributed by atoms with E-state index < -0.39 is 11.5 Å². The molecule has 29 heavy (non-hydrogen) atoms. The summed E-state index contributed by atoms with van der Waals surface area (Å²) >= 11 is 1.21. The van der Waals surface area contributed by atoms with Crippen LogP contribution in [0.1, 0.15) is 21.7 Å². The van der Waals surface area contributed by atoms with Crippen molar-refractivity contribution in [2.45, 2.75) is 17.8 Å². The Bertz CT molecular complexity index is 1380. The number of nitrogens with one attached hydrogen (secondary N) is 1. The molecule has 0 radical (unpaired) electrons. The predicted octanol–water partition coefficient (Wildman–Crippen LogP) is 1.71. The number of aromatic nitrogens is 5. The van der Waals surface area contributed by atoms with Crippen molar-refractivity contribution in [1.29, 1.82) is 0 Å². The molecule has 0 spiro atoms. The molecule has 9 nitrogen and oxygen atoms in total. The average Bonchev–Trinajstić information content (AvgIpc) is 2.70. The molecule has 0 atom stereocenters. The zero-order valence-corrected chi connectivity index (χ0v) is 16.3. The van der Waals surface area contributed by atoms with Crippen molar-refractivity contribution in [3.8, 4) is 0 Å². The van der Waals surface area contributed by atoms with Crippen molar-refractivity contribution in [3.05, 3.63) is 74.2 Å². The number of rotatable bonds is 4. The van der Waals surface area contributed by atoms with Gasteiger partial charge in [0.2, 0.25) is 0 Å². The highest BCUT2D eigenvalue weighted by atomic mass is 32.2. The number of hydrogen-bond donors (Lipinski definition) is 1. The number of thioether (sulfide) groups is 1. The van der Waals surface area contributed by atoms with Gasteiger partial charge in [-0.3, -0.25) is 14.0 Å². The Labute approximate surface area is 167 Å². The Morgan fingerprint density at radius 1 is 1.21 bits per heavy atom. The van der Waals surface area contributed by atoms with E-state index in [2.05, 4.69) is 19.9 Å². The van der Waals surface area contributed by atoms with Gasteiger partial charge in [-0.15, -0.1) is 0 Å². The highest BCUT2D eigenvalue weighted by Crippen LogP contribution is 2.20. The zero-order valence-electron chi connectivity index (χ0n) is 15.5. The third-order valence-electron chi connectivity index (χ3n) is 4.17. The van der Waals surface area contributed by atoms with Gasteiger partial charge in [0.05, 0.1) is 23.8 Å². The molecule has 0 saturated heterocycles. The molecule has 4 rings (SSSR count). The fraction of sp³-hybridized carbons (Fsp3) is 0.158. The summed E-state index contributed by atoms with van der Waals surface area (Å²) in [7, 11) is 1.24. The van der Waals surface area contributed by atoms with Crippen molar-refractivity contribution >= 4 is 34.4 Å². The van der Waals surface area contributed by atoms with Crippen LogP contribution >= 0.6 is 11.8 Å². The van der Waals surface area contributed by atoms with Crippen LogP contribution in [-0.4, -0.2) is 37.4 Å². The highest BCUT2D eigenvalue weighted by molar-refractivity contribution is 7.98. The first-order chi connectivity index (χ1) is 14.0. The number of hydrogen-bond acceptors (Lipinski definition) is 8. The summed E-state index contributed by atoms with van der Waals surface area (Å²) in [6.07, 6.45) is 1.65. The standard InChI is InChI=1S/C19H15N5O4S/c1-10-7-12(18(27)28-2)15-16(20-10)22-19(23-17(15)26)29-9-11-8-14(25)24-6-4-3-5-13(24)21-11/h3-8H,9H2,1-2H3,(H,20,22,23,26). The third kappa shape index (κ3) is 3.61.